The van der Waals surface area contributed by atoms with Gasteiger partial charge in [-0.3, -0.25) is 0 Å². The molecule has 0 bridgehead atoms. The zero-order valence-electron chi connectivity index (χ0n) is 16.3. The molecule has 0 radical (unpaired) electrons. The fourth-order valence-corrected chi connectivity index (χ4v) is 0.599. The molecule has 0 fully saturated rings. The fourth-order valence-electron chi connectivity index (χ4n) is 0.599. The molecule has 2 N–H and O–H groups in total. The Morgan fingerprint density at radius 1 is 0.833 bits per heavy atom. The molecule has 0 aromatic heterocycles. The first kappa shape index (κ1) is 27.6. The van der Waals surface area contributed by atoms with Crippen LogP contribution >= 0.6 is 0 Å². The molecule has 0 saturated carbocycles. The van der Waals surface area contributed by atoms with Gasteiger partial charge in [-0.2, -0.15) is 0 Å². The zero-order valence-corrected chi connectivity index (χ0v) is 16.3. The SMILES string of the molecule is CCON=[NH+]C(C)(C)CC.CCON=[NH+]C(C)(C)CC.[O-]B([O-])F. The molecule has 0 amide bonds. The van der Waals surface area contributed by atoms with Gasteiger partial charge in [0.1, 0.15) is 20.6 Å². The van der Waals surface area contributed by atoms with Gasteiger partial charge >= 0.3 is 0 Å². The van der Waals surface area contributed by atoms with Crippen molar-refractivity contribution in [2.45, 2.75) is 79.3 Å². The van der Waals surface area contributed by atoms with Crippen LogP contribution in [-0.2, 0) is 9.68 Å². The highest BCUT2D eigenvalue weighted by molar-refractivity contribution is 6.27. The average Bonchev–Trinajstić information content (AvgIpc) is 2.48. The lowest BCUT2D eigenvalue weighted by molar-refractivity contribution is -0.634. The first-order valence-electron chi connectivity index (χ1n) is 8.11. The van der Waals surface area contributed by atoms with Gasteiger partial charge in [0.15, 0.2) is 21.6 Å². The molecule has 10 heteroatoms. The van der Waals surface area contributed by atoms with Crippen molar-refractivity contribution >= 4 is 7.40 Å². The summed E-state index contributed by atoms with van der Waals surface area (Å²) in [6, 6.07) is 0. The highest BCUT2D eigenvalue weighted by atomic mass is 19.1. The van der Waals surface area contributed by atoms with E-state index >= 15 is 0 Å². The van der Waals surface area contributed by atoms with Crippen molar-refractivity contribution in [1.82, 2.24) is 0 Å². The Morgan fingerprint density at radius 2 is 1.08 bits per heavy atom. The number of hydrogen-bond acceptors (Lipinski definition) is 6. The Balaban J connectivity index is -0.000000301. The van der Waals surface area contributed by atoms with E-state index in [1.54, 1.807) is 0 Å². The Morgan fingerprint density at radius 3 is 1.25 bits per heavy atom. The Labute approximate surface area is 145 Å². The normalized spacial score (nSPS) is 11.5. The molecule has 0 atom stereocenters. The van der Waals surface area contributed by atoms with E-state index in [0.717, 1.165) is 12.8 Å². The lowest BCUT2D eigenvalue weighted by Gasteiger charge is -2.09. The van der Waals surface area contributed by atoms with Crippen molar-refractivity contribution < 1.29 is 34.3 Å². The van der Waals surface area contributed by atoms with Crippen molar-refractivity contribution in [1.29, 1.82) is 0 Å². The van der Waals surface area contributed by atoms with Crippen LogP contribution in [0, 0.1) is 0 Å². The molecule has 24 heavy (non-hydrogen) atoms. The van der Waals surface area contributed by atoms with Crippen LogP contribution in [0.25, 0.3) is 0 Å². The third-order valence-corrected chi connectivity index (χ3v) is 2.85. The second-order valence-electron chi connectivity index (χ2n) is 5.99. The minimum Gasteiger partial charge on any atom is -0.867 e. The van der Waals surface area contributed by atoms with Crippen molar-refractivity contribution in [3.8, 4) is 0 Å². The van der Waals surface area contributed by atoms with E-state index in [9.17, 15) is 4.32 Å². The maximum absolute atomic E-state index is 9.89. The predicted octanol–water partition coefficient (Wildman–Crippen LogP) is -1.02. The van der Waals surface area contributed by atoms with Gasteiger partial charge in [0.2, 0.25) is 0 Å². The van der Waals surface area contributed by atoms with Crippen LogP contribution in [0.5, 0.6) is 0 Å². The molecule has 0 aliphatic rings. The minimum atomic E-state index is -3.17. The van der Waals surface area contributed by atoms with Crippen molar-refractivity contribution in [2.75, 3.05) is 13.2 Å². The Bertz CT molecular complexity index is 299. The van der Waals surface area contributed by atoms with Crippen LogP contribution in [-0.4, -0.2) is 31.7 Å². The monoisotopic (exact) mass is 352 g/mol. The number of nitrogens with one attached hydrogen (secondary N) is 2. The second kappa shape index (κ2) is 16.6. The molecule has 0 aliphatic carbocycles. The summed E-state index contributed by atoms with van der Waals surface area (Å²) in [5.74, 6) is 0. The van der Waals surface area contributed by atoms with E-state index in [2.05, 4.69) is 62.3 Å². The Hall–Kier alpha value is -1.29. The van der Waals surface area contributed by atoms with Crippen LogP contribution in [0.2, 0.25) is 0 Å². The van der Waals surface area contributed by atoms with Gasteiger partial charge < -0.3 is 24.0 Å². The molecule has 144 valence electrons. The summed E-state index contributed by atoms with van der Waals surface area (Å²) < 4.78 is 9.89. The first-order chi connectivity index (χ1) is 11.0. The van der Waals surface area contributed by atoms with E-state index in [-0.39, 0.29) is 11.1 Å². The number of rotatable bonds is 8. The van der Waals surface area contributed by atoms with Gasteiger partial charge in [0.25, 0.3) is 0 Å². The first-order valence-corrected chi connectivity index (χ1v) is 8.11. The smallest absolute Gasteiger partial charge is 0.184 e. The molecule has 0 spiro atoms. The van der Waals surface area contributed by atoms with Crippen molar-refractivity contribution in [2.24, 2.45) is 10.6 Å². The van der Waals surface area contributed by atoms with Gasteiger partial charge in [-0.25, -0.2) is 0 Å². The quantitative estimate of drug-likeness (QED) is 0.330. The van der Waals surface area contributed by atoms with E-state index in [1.165, 1.54) is 0 Å². The molecule has 0 aromatic rings. The number of nitrogens with zero attached hydrogens (tertiary/aromatic N) is 2. The van der Waals surface area contributed by atoms with Gasteiger partial charge in [-0.15, -0.1) is 0 Å². The standard InChI is InChI=1S/2C7H16N2O.BFO2/c2*1-5-7(3,4)8-9-10-6-2;2-1(3)4/h2*5-6H2,1-4H3;/q;;-2/p+2. The minimum absolute atomic E-state index is 0.0508. The third kappa shape index (κ3) is 28.8. The molecular weight excluding hydrogens is 318 g/mol. The van der Waals surface area contributed by atoms with Crippen LogP contribution in [0.15, 0.2) is 10.6 Å². The fraction of sp³-hybridized carbons (Fsp3) is 1.00. The summed E-state index contributed by atoms with van der Waals surface area (Å²) in [5.41, 5.74) is 0.102. The van der Waals surface area contributed by atoms with Crippen LogP contribution in [0.3, 0.4) is 0 Å². The van der Waals surface area contributed by atoms with Crippen LogP contribution in [0.1, 0.15) is 68.2 Å². The highest BCUT2D eigenvalue weighted by Gasteiger charge is 2.20. The summed E-state index contributed by atoms with van der Waals surface area (Å²) in [6.45, 7) is 17.6. The Kier molecular flexibility index (Phi) is 19.0. The molecule has 0 saturated heterocycles. The van der Waals surface area contributed by atoms with Crippen LogP contribution < -0.4 is 20.3 Å². The third-order valence-electron chi connectivity index (χ3n) is 2.85. The lowest BCUT2D eigenvalue weighted by Crippen LogP contribution is -2.80. The highest BCUT2D eigenvalue weighted by Crippen LogP contribution is 1.98. The second-order valence-corrected chi connectivity index (χ2v) is 5.99. The summed E-state index contributed by atoms with van der Waals surface area (Å²) >= 11 is 0. The largest absolute Gasteiger partial charge is 0.867 e. The van der Waals surface area contributed by atoms with E-state index in [4.69, 9.17) is 19.7 Å². The zero-order chi connectivity index (χ0) is 19.6. The topological polar surface area (TPSA) is 117 Å². The van der Waals surface area contributed by atoms with Crippen molar-refractivity contribution in [3.05, 3.63) is 0 Å². The maximum atomic E-state index is 9.89. The van der Waals surface area contributed by atoms with Gasteiger partial charge in [0, 0.05) is 40.5 Å². The molecule has 0 heterocycles. The molecule has 0 aliphatic heterocycles. The summed E-state index contributed by atoms with van der Waals surface area (Å²) in [6.07, 6.45) is 2.06. The predicted molar refractivity (Wildman–Crippen MR) is 85.6 cm³/mol. The van der Waals surface area contributed by atoms with E-state index < -0.39 is 7.40 Å². The molecule has 0 aromatic carbocycles. The molecular formula is C14H34BFN4O4. The molecule has 8 nitrogen and oxygen atoms in total. The van der Waals surface area contributed by atoms with Crippen LogP contribution in [0.4, 0.5) is 4.32 Å². The molecule has 0 rings (SSSR count). The average molecular weight is 352 g/mol. The van der Waals surface area contributed by atoms with Gasteiger partial charge in [-0.1, -0.05) is 24.1 Å². The lowest BCUT2D eigenvalue weighted by atomic mass is 10.0. The van der Waals surface area contributed by atoms with E-state index in [0.29, 0.717) is 13.2 Å². The maximum Gasteiger partial charge on any atom is 0.184 e. The summed E-state index contributed by atoms with van der Waals surface area (Å²) in [5, 5.41) is 29.8. The summed E-state index contributed by atoms with van der Waals surface area (Å²) in [7, 11) is -3.17. The van der Waals surface area contributed by atoms with E-state index in [1.807, 2.05) is 13.8 Å². The van der Waals surface area contributed by atoms with Gasteiger partial charge in [0.05, 0.1) is 0 Å². The van der Waals surface area contributed by atoms with Crippen molar-refractivity contribution in [3.63, 3.8) is 0 Å². The van der Waals surface area contributed by atoms with Gasteiger partial charge in [-0.05, 0) is 13.8 Å². The number of halogens is 1. The number of hydrogen-bond donors (Lipinski definition) is 2. The molecule has 0 unspecified atom stereocenters. The summed E-state index contributed by atoms with van der Waals surface area (Å²) in [4.78, 5) is 9.57.